The van der Waals surface area contributed by atoms with Gasteiger partial charge in [-0.2, -0.15) is 0 Å². The van der Waals surface area contributed by atoms with Gasteiger partial charge in [0.25, 0.3) is 0 Å². The molecule has 0 heterocycles. The van der Waals surface area contributed by atoms with Crippen LogP contribution in [0.5, 0.6) is 0 Å². The molecular formula is C15H20O4. The zero-order chi connectivity index (χ0) is 13.7. The molecule has 0 radical (unpaired) electrons. The molecule has 1 saturated carbocycles. The molecule has 4 nitrogen and oxygen atoms in total. The standard InChI is InChI=1S/C15H20O4/c1-17-15(18-2)11-7-6-10-13(15)19-14(16)12-8-4-3-5-9-12/h3-5,8-9,13H,6-7,10-11H2,1-2H3. The van der Waals surface area contributed by atoms with Gasteiger partial charge >= 0.3 is 5.97 Å². The summed E-state index contributed by atoms with van der Waals surface area (Å²) in [6, 6.07) is 8.99. The lowest BCUT2D eigenvalue weighted by molar-refractivity contribution is -0.271. The second-order valence-electron chi connectivity index (χ2n) is 4.73. The molecule has 1 aliphatic rings. The fraction of sp³-hybridized carbons (Fsp3) is 0.533. The topological polar surface area (TPSA) is 44.8 Å². The summed E-state index contributed by atoms with van der Waals surface area (Å²) in [6.45, 7) is 0. The molecule has 0 N–H and O–H groups in total. The van der Waals surface area contributed by atoms with Gasteiger partial charge in [0.15, 0.2) is 6.10 Å². The van der Waals surface area contributed by atoms with Crippen LogP contribution in [0.25, 0.3) is 0 Å². The Morgan fingerprint density at radius 2 is 1.84 bits per heavy atom. The van der Waals surface area contributed by atoms with Gasteiger partial charge in [0.2, 0.25) is 5.79 Å². The summed E-state index contributed by atoms with van der Waals surface area (Å²) in [5.74, 6) is -1.13. The summed E-state index contributed by atoms with van der Waals surface area (Å²) in [6.07, 6.45) is 3.18. The molecule has 0 aromatic heterocycles. The predicted molar refractivity (Wildman–Crippen MR) is 70.9 cm³/mol. The average Bonchev–Trinajstić information content (AvgIpc) is 2.49. The van der Waals surface area contributed by atoms with E-state index in [1.807, 2.05) is 18.2 Å². The number of esters is 1. The third-order valence-corrected chi connectivity index (χ3v) is 3.68. The number of benzene rings is 1. The van der Waals surface area contributed by atoms with E-state index in [1.165, 1.54) is 0 Å². The second-order valence-corrected chi connectivity index (χ2v) is 4.73. The SMILES string of the molecule is COC1(OC)CCCCC1OC(=O)c1ccccc1. The van der Waals surface area contributed by atoms with Crippen molar-refractivity contribution >= 4 is 5.97 Å². The fourth-order valence-corrected chi connectivity index (χ4v) is 2.55. The van der Waals surface area contributed by atoms with E-state index in [9.17, 15) is 4.79 Å². The maximum absolute atomic E-state index is 12.1. The zero-order valence-corrected chi connectivity index (χ0v) is 11.4. The summed E-state index contributed by atoms with van der Waals surface area (Å²) < 4.78 is 16.5. The molecule has 1 unspecified atom stereocenters. The van der Waals surface area contributed by atoms with Crippen LogP contribution in [0, 0.1) is 0 Å². The normalized spacial score (nSPS) is 21.9. The molecule has 2 rings (SSSR count). The molecule has 0 bridgehead atoms. The summed E-state index contributed by atoms with van der Waals surface area (Å²) in [5, 5.41) is 0. The number of carbonyl (C=O) groups is 1. The molecule has 1 aromatic carbocycles. The van der Waals surface area contributed by atoms with E-state index in [0.717, 1.165) is 25.7 Å². The number of ether oxygens (including phenoxy) is 3. The van der Waals surface area contributed by atoms with Gasteiger partial charge in [-0.05, 0) is 31.4 Å². The van der Waals surface area contributed by atoms with E-state index < -0.39 is 5.79 Å². The Morgan fingerprint density at radius 3 is 2.47 bits per heavy atom. The Hall–Kier alpha value is -1.39. The largest absolute Gasteiger partial charge is 0.453 e. The van der Waals surface area contributed by atoms with Crippen molar-refractivity contribution in [1.82, 2.24) is 0 Å². The van der Waals surface area contributed by atoms with E-state index in [-0.39, 0.29) is 12.1 Å². The summed E-state index contributed by atoms with van der Waals surface area (Å²) in [7, 11) is 3.19. The van der Waals surface area contributed by atoms with Gasteiger partial charge in [0.1, 0.15) is 0 Å². The molecule has 1 fully saturated rings. The summed E-state index contributed by atoms with van der Waals surface area (Å²) in [4.78, 5) is 12.1. The highest BCUT2D eigenvalue weighted by atomic mass is 16.7. The van der Waals surface area contributed by atoms with Gasteiger partial charge in [-0.15, -0.1) is 0 Å². The highest BCUT2D eigenvalue weighted by Gasteiger charge is 2.44. The van der Waals surface area contributed by atoms with Crippen LogP contribution < -0.4 is 0 Å². The minimum Gasteiger partial charge on any atom is -0.453 e. The monoisotopic (exact) mass is 264 g/mol. The van der Waals surface area contributed by atoms with Crippen LogP contribution in [0.4, 0.5) is 0 Å². The van der Waals surface area contributed by atoms with E-state index >= 15 is 0 Å². The Labute approximate surface area is 113 Å². The van der Waals surface area contributed by atoms with Crippen molar-refractivity contribution in [2.75, 3.05) is 14.2 Å². The molecule has 0 saturated heterocycles. The highest BCUT2D eigenvalue weighted by Crippen LogP contribution is 2.34. The van der Waals surface area contributed by atoms with Crippen molar-refractivity contribution in [3.05, 3.63) is 35.9 Å². The van der Waals surface area contributed by atoms with Crippen LogP contribution in [0.1, 0.15) is 36.0 Å². The third kappa shape index (κ3) is 2.96. The first-order chi connectivity index (χ1) is 9.22. The van der Waals surface area contributed by atoms with Gasteiger partial charge in [-0.25, -0.2) is 4.79 Å². The van der Waals surface area contributed by atoms with Gasteiger partial charge in [-0.3, -0.25) is 0 Å². The lowest BCUT2D eigenvalue weighted by Crippen LogP contribution is -2.50. The summed E-state index contributed by atoms with van der Waals surface area (Å²) >= 11 is 0. The highest BCUT2D eigenvalue weighted by molar-refractivity contribution is 5.89. The lowest BCUT2D eigenvalue weighted by Gasteiger charge is -2.40. The fourth-order valence-electron chi connectivity index (χ4n) is 2.55. The van der Waals surface area contributed by atoms with Crippen molar-refractivity contribution in [3.63, 3.8) is 0 Å². The molecule has 104 valence electrons. The van der Waals surface area contributed by atoms with Crippen molar-refractivity contribution in [3.8, 4) is 0 Å². The van der Waals surface area contributed by atoms with Crippen molar-refractivity contribution in [2.45, 2.75) is 37.6 Å². The molecule has 1 aromatic rings. The summed E-state index contributed by atoms with van der Waals surface area (Å²) in [5.41, 5.74) is 0.550. The van der Waals surface area contributed by atoms with Gasteiger partial charge in [-0.1, -0.05) is 18.2 Å². The van der Waals surface area contributed by atoms with Crippen LogP contribution in [0.15, 0.2) is 30.3 Å². The smallest absolute Gasteiger partial charge is 0.338 e. The molecular weight excluding hydrogens is 244 g/mol. The van der Waals surface area contributed by atoms with Crippen LogP contribution in [0.2, 0.25) is 0 Å². The third-order valence-electron chi connectivity index (χ3n) is 3.68. The molecule has 0 amide bonds. The van der Waals surface area contributed by atoms with Crippen LogP contribution in [-0.4, -0.2) is 32.1 Å². The minimum atomic E-state index is -0.803. The molecule has 4 heteroatoms. The lowest BCUT2D eigenvalue weighted by atomic mass is 9.91. The zero-order valence-electron chi connectivity index (χ0n) is 11.4. The van der Waals surface area contributed by atoms with Crippen molar-refractivity contribution in [2.24, 2.45) is 0 Å². The molecule has 0 aliphatic heterocycles. The van der Waals surface area contributed by atoms with Gasteiger partial charge < -0.3 is 14.2 Å². The van der Waals surface area contributed by atoms with Crippen molar-refractivity contribution < 1.29 is 19.0 Å². The van der Waals surface area contributed by atoms with Gasteiger partial charge in [0, 0.05) is 20.6 Å². The van der Waals surface area contributed by atoms with Crippen LogP contribution in [-0.2, 0) is 14.2 Å². The number of hydrogen-bond donors (Lipinski definition) is 0. The first kappa shape index (κ1) is 14.0. The number of carbonyl (C=O) groups excluding carboxylic acids is 1. The van der Waals surface area contributed by atoms with E-state index in [2.05, 4.69) is 0 Å². The Bertz CT molecular complexity index is 411. The van der Waals surface area contributed by atoms with Crippen LogP contribution in [0.3, 0.4) is 0 Å². The second kappa shape index (κ2) is 6.17. The Balaban J connectivity index is 2.10. The maximum atomic E-state index is 12.1. The first-order valence-electron chi connectivity index (χ1n) is 6.58. The van der Waals surface area contributed by atoms with Crippen LogP contribution >= 0.6 is 0 Å². The minimum absolute atomic E-state index is 0.328. The van der Waals surface area contributed by atoms with E-state index in [4.69, 9.17) is 14.2 Å². The van der Waals surface area contributed by atoms with Crippen molar-refractivity contribution in [1.29, 1.82) is 0 Å². The number of rotatable bonds is 4. The maximum Gasteiger partial charge on any atom is 0.338 e. The predicted octanol–water partition coefficient (Wildman–Crippen LogP) is 2.78. The number of hydrogen-bond acceptors (Lipinski definition) is 4. The Morgan fingerprint density at radius 1 is 1.16 bits per heavy atom. The molecule has 1 aliphatic carbocycles. The average molecular weight is 264 g/mol. The quantitative estimate of drug-likeness (QED) is 0.619. The van der Waals surface area contributed by atoms with E-state index in [0.29, 0.717) is 5.56 Å². The number of methoxy groups -OCH3 is 2. The Kier molecular flexibility index (Phi) is 4.56. The van der Waals surface area contributed by atoms with Gasteiger partial charge in [0.05, 0.1) is 5.56 Å². The molecule has 1 atom stereocenters. The molecule has 19 heavy (non-hydrogen) atoms. The molecule has 0 spiro atoms. The van der Waals surface area contributed by atoms with E-state index in [1.54, 1.807) is 26.4 Å². The first-order valence-corrected chi connectivity index (χ1v) is 6.58.